The first-order valence-electron chi connectivity index (χ1n) is 3.12. The number of rotatable bonds is 2. The molecule has 54 valence electrons. The number of aromatic nitrogens is 2. The van der Waals surface area contributed by atoms with Gasteiger partial charge in [-0.05, 0) is 13.8 Å². The Morgan fingerprint density at radius 2 is 2.50 bits per heavy atom. The Bertz CT molecular complexity index is 237. The fourth-order valence-electron chi connectivity index (χ4n) is 0.678. The SMILES string of the molecule is C=C(C)Nc1ncc(C)[nH]1. The number of allylic oxidation sites excluding steroid dienone is 1. The third-order valence-corrected chi connectivity index (χ3v) is 1.03. The van der Waals surface area contributed by atoms with Gasteiger partial charge in [0.15, 0.2) is 0 Å². The van der Waals surface area contributed by atoms with E-state index in [0.717, 1.165) is 17.3 Å². The summed E-state index contributed by atoms with van der Waals surface area (Å²) in [7, 11) is 0. The molecule has 0 fully saturated rings. The highest BCUT2D eigenvalue weighted by molar-refractivity contribution is 5.32. The van der Waals surface area contributed by atoms with Gasteiger partial charge in [-0.25, -0.2) is 4.98 Å². The monoisotopic (exact) mass is 137 g/mol. The Morgan fingerprint density at radius 1 is 1.80 bits per heavy atom. The van der Waals surface area contributed by atoms with Crippen molar-refractivity contribution in [1.29, 1.82) is 0 Å². The Balaban J connectivity index is 2.67. The summed E-state index contributed by atoms with van der Waals surface area (Å²) >= 11 is 0. The molecule has 0 aromatic carbocycles. The zero-order valence-corrected chi connectivity index (χ0v) is 6.23. The Kier molecular flexibility index (Phi) is 1.76. The number of imidazole rings is 1. The van der Waals surface area contributed by atoms with Crippen LogP contribution in [0.15, 0.2) is 18.5 Å². The van der Waals surface area contributed by atoms with Gasteiger partial charge in [0.25, 0.3) is 0 Å². The van der Waals surface area contributed by atoms with Crippen LogP contribution in [-0.4, -0.2) is 9.97 Å². The average molecular weight is 137 g/mol. The summed E-state index contributed by atoms with van der Waals surface area (Å²) in [6.07, 6.45) is 1.77. The van der Waals surface area contributed by atoms with E-state index < -0.39 is 0 Å². The second-order valence-electron chi connectivity index (χ2n) is 2.32. The Hall–Kier alpha value is -1.25. The highest BCUT2D eigenvalue weighted by atomic mass is 15.1. The van der Waals surface area contributed by atoms with Gasteiger partial charge in [0, 0.05) is 17.6 Å². The summed E-state index contributed by atoms with van der Waals surface area (Å²) in [5.74, 6) is 0.755. The third-order valence-electron chi connectivity index (χ3n) is 1.03. The summed E-state index contributed by atoms with van der Waals surface area (Å²) in [6, 6.07) is 0. The number of hydrogen-bond donors (Lipinski definition) is 2. The molecule has 1 rings (SSSR count). The quantitative estimate of drug-likeness (QED) is 0.650. The number of aryl methyl sites for hydroxylation is 1. The minimum atomic E-state index is 0.755. The highest BCUT2D eigenvalue weighted by Gasteiger charge is 1.93. The molecule has 0 bridgehead atoms. The van der Waals surface area contributed by atoms with E-state index in [1.54, 1.807) is 6.20 Å². The van der Waals surface area contributed by atoms with Crippen LogP contribution in [0.2, 0.25) is 0 Å². The molecule has 1 aromatic rings. The van der Waals surface area contributed by atoms with E-state index in [1.807, 2.05) is 13.8 Å². The van der Waals surface area contributed by atoms with Crippen LogP contribution >= 0.6 is 0 Å². The molecule has 1 heterocycles. The number of aromatic amines is 1. The van der Waals surface area contributed by atoms with Crippen molar-refractivity contribution in [3.8, 4) is 0 Å². The minimum Gasteiger partial charge on any atom is -0.330 e. The molecule has 0 amide bonds. The van der Waals surface area contributed by atoms with Crippen molar-refractivity contribution in [2.45, 2.75) is 13.8 Å². The molecule has 3 nitrogen and oxygen atoms in total. The van der Waals surface area contributed by atoms with Gasteiger partial charge in [-0.15, -0.1) is 0 Å². The summed E-state index contributed by atoms with van der Waals surface area (Å²) in [5.41, 5.74) is 1.93. The zero-order valence-electron chi connectivity index (χ0n) is 6.23. The lowest BCUT2D eigenvalue weighted by atomic mass is 10.6. The molecule has 0 atom stereocenters. The Labute approximate surface area is 60.2 Å². The number of nitrogens with one attached hydrogen (secondary N) is 2. The summed E-state index contributed by atoms with van der Waals surface area (Å²) < 4.78 is 0. The predicted octanol–water partition coefficient (Wildman–Crippen LogP) is 1.66. The molecule has 0 spiro atoms. The predicted molar refractivity (Wildman–Crippen MR) is 41.8 cm³/mol. The van der Waals surface area contributed by atoms with E-state index in [2.05, 4.69) is 21.9 Å². The lowest BCUT2D eigenvalue weighted by Gasteiger charge is -1.97. The van der Waals surface area contributed by atoms with Gasteiger partial charge in [0.05, 0.1) is 0 Å². The van der Waals surface area contributed by atoms with Crippen LogP contribution in [0.5, 0.6) is 0 Å². The molecule has 0 saturated carbocycles. The first kappa shape index (κ1) is 6.86. The minimum absolute atomic E-state index is 0.755. The lowest BCUT2D eigenvalue weighted by molar-refractivity contribution is 1.21. The fraction of sp³-hybridized carbons (Fsp3) is 0.286. The van der Waals surface area contributed by atoms with Crippen molar-refractivity contribution in [3.63, 3.8) is 0 Å². The summed E-state index contributed by atoms with van der Waals surface area (Å²) in [4.78, 5) is 7.05. The fourth-order valence-corrected chi connectivity index (χ4v) is 0.678. The number of nitrogens with zero attached hydrogens (tertiary/aromatic N) is 1. The molecule has 10 heavy (non-hydrogen) atoms. The lowest BCUT2D eigenvalue weighted by Crippen LogP contribution is -1.94. The first-order valence-corrected chi connectivity index (χ1v) is 3.12. The van der Waals surface area contributed by atoms with Crippen molar-refractivity contribution in [2.75, 3.05) is 5.32 Å². The molecule has 1 aromatic heterocycles. The van der Waals surface area contributed by atoms with Gasteiger partial charge in [0.2, 0.25) is 5.95 Å². The molecular weight excluding hydrogens is 126 g/mol. The summed E-state index contributed by atoms with van der Waals surface area (Å²) in [6.45, 7) is 7.53. The van der Waals surface area contributed by atoms with Gasteiger partial charge in [-0.2, -0.15) is 0 Å². The van der Waals surface area contributed by atoms with Crippen molar-refractivity contribution < 1.29 is 0 Å². The van der Waals surface area contributed by atoms with Crippen molar-refractivity contribution >= 4 is 5.95 Å². The van der Waals surface area contributed by atoms with Crippen LogP contribution in [0, 0.1) is 6.92 Å². The van der Waals surface area contributed by atoms with Gasteiger partial charge < -0.3 is 10.3 Å². The van der Waals surface area contributed by atoms with Crippen LogP contribution in [0.3, 0.4) is 0 Å². The van der Waals surface area contributed by atoms with E-state index >= 15 is 0 Å². The van der Waals surface area contributed by atoms with Gasteiger partial charge in [0.1, 0.15) is 0 Å². The topological polar surface area (TPSA) is 40.7 Å². The first-order chi connectivity index (χ1) is 4.68. The maximum absolute atomic E-state index is 4.03. The van der Waals surface area contributed by atoms with Crippen LogP contribution in [-0.2, 0) is 0 Å². The van der Waals surface area contributed by atoms with Crippen molar-refractivity contribution in [2.24, 2.45) is 0 Å². The van der Waals surface area contributed by atoms with Gasteiger partial charge in [-0.1, -0.05) is 6.58 Å². The van der Waals surface area contributed by atoms with Gasteiger partial charge >= 0.3 is 0 Å². The van der Waals surface area contributed by atoms with E-state index in [-0.39, 0.29) is 0 Å². The normalized spacial score (nSPS) is 9.40. The maximum Gasteiger partial charge on any atom is 0.204 e. The smallest absolute Gasteiger partial charge is 0.204 e. The van der Waals surface area contributed by atoms with Crippen molar-refractivity contribution in [1.82, 2.24) is 9.97 Å². The highest BCUT2D eigenvalue weighted by Crippen LogP contribution is 2.02. The molecule has 2 N–H and O–H groups in total. The number of anilines is 1. The van der Waals surface area contributed by atoms with E-state index in [0.29, 0.717) is 0 Å². The molecule has 0 saturated heterocycles. The van der Waals surface area contributed by atoms with Crippen LogP contribution in [0.25, 0.3) is 0 Å². The standard InChI is InChI=1S/C7H11N3/c1-5(2)9-7-8-4-6(3)10-7/h4H,1H2,2-3H3,(H2,8,9,10). The largest absolute Gasteiger partial charge is 0.330 e. The van der Waals surface area contributed by atoms with Crippen LogP contribution in [0.4, 0.5) is 5.95 Å². The summed E-state index contributed by atoms with van der Waals surface area (Å²) in [5, 5.41) is 2.96. The molecular formula is C7H11N3. The number of H-pyrrole nitrogens is 1. The zero-order chi connectivity index (χ0) is 7.56. The maximum atomic E-state index is 4.03. The molecule has 0 aliphatic rings. The average Bonchev–Trinajstić information content (AvgIpc) is 2.13. The van der Waals surface area contributed by atoms with E-state index in [1.165, 1.54) is 0 Å². The van der Waals surface area contributed by atoms with Crippen LogP contribution in [0.1, 0.15) is 12.6 Å². The molecule has 0 aliphatic carbocycles. The van der Waals surface area contributed by atoms with E-state index in [4.69, 9.17) is 0 Å². The molecule has 0 aliphatic heterocycles. The molecule has 3 heteroatoms. The van der Waals surface area contributed by atoms with Crippen LogP contribution < -0.4 is 5.32 Å². The molecule has 0 unspecified atom stereocenters. The van der Waals surface area contributed by atoms with E-state index in [9.17, 15) is 0 Å². The van der Waals surface area contributed by atoms with Crippen molar-refractivity contribution in [3.05, 3.63) is 24.2 Å². The molecule has 0 radical (unpaired) electrons. The van der Waals surface area contributed by atoms with Gasteiger partial charge in [-0.3, -0.25) is 0 Å². The Morgan fingerprint density at radius 3 is 2.90 bits per heavy atom. The third kappa shape index (κ3) is 1.62. The second kappa shape index (κ2) is 2.56. The number of hydrogen-bond acceptors (Lipinski definition) is 2. The second-order valence-corrected chi connectivity index (χ2v) is 2.32.